The SMILES string of the molecule is CC(=O)Nc1cccc2c1CNCC2C(F)(F)F. The molecule has 3 nitrogen and oxygen atoms in total. The lowest BCUT2D eigenvalue weighted by Crippen LogP contribution is -2.37. The van der Waals surface area contributed by atoms with E-state index >= 15 is 0 Å². The molecule has 18 heavy (non-hydrogen) atoms. The number of carbonyl (C=O) groups is 1. The van der Waals surface area contributed by atoms with Gasteiger partial charge in [0.05, 0.1) is 5.92 Å². The normalized spacial score (nSPS) is 19.2. The van der Waals surface area contributed by atoms with Crippen molar-refractivity contribution in [1.29, 1.82) is 0 Å². The van der Waals surface area contributed by atoms with E-state index in [1.54, 1.807) is 6.07 Å². The van der Waals surface area contributed by atoms with Crippen molar-refractivity contribution in [3.05, 3.63) is 29.3 Å². The maximum absolute atomic E-state index is 12.9. The fourth-order valence-electron chi connectivity index (χ4n) is 2.18. The largest absolute Gasteiger partial charge is 0.396 e. The highest BCUT2D eigenvalue weighted by Crippen LogP contribution is 2.39. The van der Waals surface area contributed by atoms with E-state index in [0.29, 0.717) is 17.8 Å². The van der Waals surface area contributed by atoms with Gasteiger partial charge in [-0.1, -0.05) is 12.1 Å². The molecule has 0 aromatic heterocycles. The molecule has 2 N–H and O–H groups in total. The topological polar surface area (TPSA) is 41.1 Å². The van der Waals surface area contributed by atoms with E-state index < -0.39 is 12.1 Å². The first-order valence-corrected chi connectivity index (χ1v) is 5.56. The Morgan fingerprint density at radius 2 is 2.17 bits per heavy atom. The molecule has 0 radical (unpaired) electrons. The molecular formula is C12H13F3N2O. The van der Waals surface area contributed by atoms with Gasteiger partial charge in [0, 0.05) is 25.7 Å². The average molecular weight is 258 g/mol. The average Bonchev–Trinajstić information content (AvgIpc) is 2.26. The Kier molecular flexibility index (Phi) is 3.30. The Morgan fingerprint density at radius 3 is 2.78 bits per heavy atom. The standard InChI is InChI=1S/C12H13F3N2O/c1-7(18)17-11-4-2-3-8-9(11)5-16-6-10(8)12(13,14)15/h2-4,10,16H,5-6H2,1H3,(H,17,18). The number of hydrogen-bond acceptors (Lipinski definition) is 2. The number of nitrogens with one attached hydrogen (secondary N) is 2. The minimum absolute atomic E-state index is 0.125. The number of carbonyl (C=O) groups excluding carboxylic acids is 1. The van der Waals surface area contributed by atoms with Crippen LogP contribution in [0.1, 0.15) is 24.0 Å². The summed E-state index contributed by atoms with van der Waals surface area (Å²) in [5.41, 5.74) is 1.20. The fraction of sp³-hybridized carbons (Fsp3) is 0.417. The molecule has 0 saturated carbocycles. The van der Waals surface area contributed by atoms with Crippen LogP contribution in [0, 0.1) is 0 Å². The van der Waals surface area contributed by atoms with E-state index in [0.717, 1.165) is 0 Å². The van der Waals surface area contributed by atoms with Crippen molar-refractivity contribution in [2.75, 3.05) is 11.9 Å². The van der Waals surface area contributed by atoms with Gasteiger partial charge in [-0.2, -0.15) is 13.2 Å². The molecule has 1 heterocycles. The summed E-state index contributed by atoms with van der Waals surface area (Å²) in [4.78, 5) is 11.0. The molecule has 6 heteroatoms. The molecule has 2 rings (SSSR count). The summed E-state index contributed by atoms with van der Waals surface area (Å²) in [7, 11) is 0. The third kappa shape index (κ3) is 2.48. The fourth-order valence-corrected chi connectivity index (χ4v) is 2.18. The molecule has 1 aromatic carbocycles. The van der Waals surface area contributed by atoms with Crippen LogP contribution in [-0.2, 0) is 11.3 Å². The first kappa shape index (κ1) is 12.9. The Labute approximate surface area is 102 Å². The second-order valence-corrected chi connectivity index (χ2v) is 4.28. The molecule has 0 saturated heterocycles. The summed E-state index contributed by atoms with van der Waals surface area (Å²) in [6, 6.07) is 4.62. The van der Waals surface area contributed by atoms with Gasteiger partial charge in [-0.15, -0.1) is 0 Å². The lowest BCUT2D eigenvalue weighted by atomic mass is 9.89. The van der Waals surface area contributed by atoms with Crippen LogP contribution >= 0.6 is 0 Å². The van der Waals surface area contributed by atoms with Gasteiger partial charge in [-0.25, -0.2) is 0 Å². The monoisotopic (exact) mass is 258 g/mol. The van der Waals surface area contributed by atoms with Gasteiger partial charge in [0.15, 0.2) is 0 Å². The first-order valence-electron chi connectivity index (χ1n) is 5.56. The molecule has 1 amide bonds. The predicted molar refractivity (Wildman–Crippen MR) is 61.2 cm³/mol. The van der Waals surface area contributed by atoms with E-state index in [4.69, 9.17) is 0 Å². The zero-order valence-electron chi connectivity index (χ0n) is 9.77. The molecule has 98 valence electrons. The summed E-state index contributed by atoms with van der Waals surface area (Å²) >= 11 is 0. The smallest absolute Gasteiger partial charge is 0.326 e. The molecule has 1 aliphatic heterocycles. The van der Waals surface area contributed by atoms with E-state index in [1.165, 1.54) is 19.1 Å². The van der Waals surface area contributed by atoms with Crippen LogP contribution < -0.4 is 10.6 Å². The number of benzene rings is 1. The lowest BCUT2D eigenvalue weighted by molar-refractivity contribution is -0.150. The third-order valence-corrected chi connectivity index (χ3v) is 2.94. The summed E-state index contributed by atoms with van der Waals surface area (Å²) in [5, 5.41) is 5.30. The van der Waals surface area contributed by atoms with Gasteiger partial charge >= 0.3 is 6.18 Å². The highest BCUT2D eigenvalue weighted by molar-refractivity contribution is 5.89. The number of hydrogen-bond donors (Lipinski definition) is 2. The molecule has 1 aromatic rings. The van der Waals surface area contributed by atoms with Crippen molar-refractivity contribution in [2.24, 2.45) is 0 Å². The molecule has 0 spiro atoms. The summed E-state index contributed by atoms with van der Waals surface area (Å²) < 4.78 is 38.7. The van der Waals surface area contributed by atoms with Gasteiger partial charge in [0.25, 0.3) is 0 Å². The molecule has 1 aliphatic rings. The number of alkyl halides is 3. The molecule has 0 fully saturated rings. The van der Waals surface area contributed by atoms with Crippen molar-refractivity contribution in [2.45, 2.75) is 25.6 Å². The highest BCUT2D eigenvalue weighted by atomic mass is 19.4. The van der Waals surface area contributed by atoms with Crippen LogP contribution in [0.4, 0.5) is 18.9 Å². The second-order valence-electron chi connectivity index (χ2n) is 4.28. The van der Waals surface area contributed by atoms with Gasteiger partial charge in [0.1, 0.15) is 0 Å². The zero-order valence-corrected chi connectivity index (χ0v) is 9.77. The number of rotatable bonds is 1. The Hall–Kier alpha value is -1.56. The number of fused-ring (bicyclic) bond motifs is 1. The second kappa shape index (κ2) is 4.61. The van der Waals surface area contributed by atoms with Crippen LogP contribution in [0.15, 0.2) is 18.2 Å². The Morgan fingerprint density at radius 1 is 1.44 bits per heavy atom. The Balaban J connectivity index is 2.43. The van der Waals surface area contributed by atoms with Crippen molar-refractivity contribution in [3.8, 4) is 0 Å². The maximum atomic E-state index is 12.9. The van der Waals surface area contributed by atoms with Crippen molar-refractivity contribution in [3.63, 3.8) is 0 Å². The lowest BCUT2D eigenvalue weighted by Gasteiger charge is -2.29. The molecule has 1 unspecified atom stereocenters. The summed E-state index contributed by atoms with van der Waals surface area (Å²) in [6.45, 7) is 1.54. The van der Waals surface area contributed by atoms with Crippen LogP contribution in [-0.4, -0.2) is 18.6 Å². The van der Waals surface area contributed by atoms with Crippen molar-refractivity contribution < 1.29 is 18.0 Å². The minimum Gasteiger partial charge on any atom is -0.326 e. The highest BCUT2D eigenvalue weighted by Gasteiger charge is 2.43. The number of amides is 1. The minimum atomic E-state index is -4.28. The number of anilines is 1. The van der Waals surface area contributed by atoms with Crippen molar-refractivity contribution >= 4 is 11.6 Å². The van der Waals surface area contributed by atoms with Crippen LogP contribution in [0.5, 0.6) is 0 Å². The molecule has 0 bridgehead atoms. The quantitative estimate of drug-likeness (QED) is 0.812. The summed E-state index contributed by atoms with van der Waals surface area (Å²) in [6.07, 6.45) is -4.28. The molecule has 0 aliphatic carbocycles. The van der Waals surface area contributed by atoms with E-state index in [2.05, 4.69) is 10.6 Å². The van der Waals surface area contributed by atoms with E-state index in [-0.39, 0.29) is 18.0 Å². The van der Waals surface area contributed by atoms with Gasteiger partial charge in [-0.05, 0) is 17.2 Å². The molecular weight excluding hydrogens is 245 g/mol. The maximum Gasteiger partial charge on any atom is 0.396 e. The van der Waals surface area contributed by atoms with Crippen molar-refractivity contribution in [1.82, 2.24) is 5.32 Å². The van der Waals surface area contributed by atoms with Gasteiger partial charge in [-0.3, -0.25) is 4.79 Å². The third-order valence-electron chi connectivity index (χ3n) is 2.94. The predicted octanol–water partition coefficient (Wildman–Crippen LogP) is 2.39. The van der Waals surface area contributed by atoms with Crippen LogP contribution in [0.2, 0.25) is 0 Å². The Bertz CT molecular complexity index is 471. The number of halogens is 3. The van der Waals surface area contributed by atoms with Gasteiger partial charge in [0.2, 0.25) is 5.91 Å². The van der Waals surface area contributed by atoms with E-state index in [9.17, 15) is 18.0 Å². The van der Waals surface area contributed by atoms with Crippen LogP contribution in [0.25, 0.3) is 0 Å². The van der Waals surface area contributed by atoms with Crippen LogP contribution in [0.3, 0.4) is 0 Å². The zero-order chi connectivity index (χ0) is 13.3. The van der Waals surface area contributed by atoms with Gasteiger partial charge < -0.3 is 10.6 Å². The summed E-state index contributed by atoms with van der Waals surface area (Å²) in [5.74, 6) is -1.81. The van der Waals surface area contributed by atoms with E-state index in [1.807, 2.05) is 0 Å². The first-order chi connectivity index (χ1) is 8.39. The molecule has 1 atom stereocenters.